The fourth-order valence-electron chi connectivity index (χ4n) is 1.59. The fourth-order valence-corrected chi connectivity index (χ4v) is 1.59. The molecule has 3 heteroatoms. The molecule has 1 aromatic rings. The van der Waals surface area contributed by atoms with Crippen molar-refractivity contribution in [3.63, 3.8) is 0 Å². The molecule has 0 saturated heterocycles. The molecular weight excluding hydrogens is 186 g/mol. The molecule has 3 N–H and O–H groups in total. The van der Waals surface area contributed by atoms with E-state index >= 15 is 0 Å². The van der Waals surface area contributed by atoms with Gasteiger partial charge in [-0.3, -0.25) is 4.99 Å². The van der Waals surface area contributed by atoms with Crippen LogP contribution in [0.4, 0.5) is 5.69 Å². The van der Waals surface area contributed by atoms with Crippen molar-refractivity contribution < 1.29 is 0 Å². The van der Waals surface area contributed by atoms with Crippen LogP contribution in [0.15, 0.2) is 23.2 Å². The molecule has 0 aliphatic carbocycles. The van der Waals surface area contributed by atoms with Crippen molar-refractivity contribution >= 4 is 11.6 Å². The molecule has 0 amide bonds. The number of rotatable bonds is 3. The lowest BCUT2D eigenvalue weighted by atomic mass is 10.0. The van der Waals surface area contributed by atoms with Gasteiger partial charge in [0.1, 0.15) is 0 Å². The first-order chi connectivity index (χ1) is 7.22. The van der Waals surface area contributed by atoms with Crippen LogP contribution in [-0.4, -0.2) is 13.0 Å². The van der Waals surface area contributed by atoms with E-state index in [2.05, 4.69) is 42.4 Å². The lowest BCUT2D eigenvalue weighted by molar-refractivity contribution is 1.09. The van der Waals surface area contributed by atoms with Crippen LogP contribution in [0.25, 0.3) is 0 Å². The lowest BCUT2D eigenvalue weighted by Crippen LogP contribution is -2.23. The zero-order valence-electron chi connectivity index (χ0n) is 9.67. The Kier molecular flexibility index (Phi) is 4.16. The number of para-hydroxylation sites is 1. The van der Waals surface area contributed by atoms with Crippen molar-refractivity contribution in [2.24, 2.45) is 10.7 Å². The van der Waals surface area contributed by atoms with Gasteiger partial charge in [0.25, 0.3) is 0 Å². The molecule has 0 unspecified atom stereocenters. The topological polar surface area (TPSA) is 50.4 Å². The van der Waals surface area contributed by atoms with Gasteiger partial charge in [-0.2, -0.15) is 0 Å². The van der Waals surface area contributed by atoms with Crippen molar-refractivity contribution in [1.29, 1.82) is 0 Å². The lowest BCUT2D eigenvalue weighted by Gasteiger charge is -2.14. The van der Waals surface area contributed by atoms with Crippen molar-refractivity contribution in [2.75, 3.05) is 12.4 Å². The van der Waals surface area contributed by atoms with E-state index in [-0.39, 0.29) is 0 Å². The Balaban J connectivity index is 3.10. The zero-order chi connectivity index (χ0) is 11.3. The van der Waals surface area contributed by atoms with Gasteiger partial charge >= 0.3 is 0 Å². The summed E-state index contributed by atoms with van der Waals surface area (Å²) in [7, 11) is 1.68. The van der Waals surface area contributed by atoms with Gasteiger partial charge in [0.2, 0.25) is 0 Å². The normalized spacial score (nSPS) is 11.5. The molecule has 1 rings (SSSR count). The van der Waals surface area contributed by atoms with Gasteiger partial charge < -0.3 is 11.1 Å². The average molecular weight is 205 g/mol. The number of nitrogens with two attached hydrogens (primary N) is 1. The molecule has 0 aliphatic rings. The molecule has 0 aliphatic heterocycles. The summed E-state index contributed by atoms with van der Waals surface area (Å²) < 4.78 is 0. The van der Waals surface area contributed by atoms with E-state index in [4.69, 9.17) is 5.73 Å². The molecule has 0 saturated carbocycles. The van der Waals surface area contributed by atoms with E-state index in [1.54, 1.807) is 7.05 Å². The number of aliphatic imine (C=N–C) groups is 1. The SMILES string of the molecule is CCc1cccc(CC)c1NC(N)=NC. The number of anilines is 1. The smallest absolute Gasteiger partial charge is 0.192 e. The second-order valence-electron chi connectivity index (χ2n) is 3.39. The minimum atomic E-state index is 0.464. The van der Waals surface area contributed by atoms with E-state index in [9.17, 15) is 0 Å². The minimum absolute atomic E-state index is 0.464. The fraction of sp³-hybridized carbons (Fsp3) is 0.417. The number of hydrogen-bond donors (Lipinski definition) is 2. The quantitative estimate of drug-likeness (QED) is 0.587. The van der Waals surface area contributed by atoms with E-state index in [0.29, 0.717) is 5.96 Å². The maximum Gasteiger partial charge on any atom is 0.192 e. The third-order valence-electron chi connectivity index (χ3n) is 2.49. The molecule has 0 atom stereocenters. The monoisotopic (exact) mass is 205 g/mol. The van der Waals surface area contributed by atoms with Gasteiger partial charge in [-0.1, -0.05) is 32.0 Å². The van der Waals surface area contributed by atoms with Crippen molar-refractivity contribution in [2.45, 2.75) is 26.7 Å². The summed E-state index contributed by atoms with van der Waals surface area (Å²) in [5.41, 5.74) is 9.36. The largest absolute Gasteiger partial charge is 0.370 e. The van der Waals surface area contributed by atoms with Crippen LogP contribution < -0.4 is 11.1 Å². The number of nitrogens with one attached hydrogen (secondary N) is 1. The van der Waals surface area contributed by atoms with Crippen LogP contribution in [0.1, 0.15) is 25.0 Å². The average Bonchev–Trinajstić information content (AvgIpc) is 2.29. The Morgan fingerprint density at radius 3 is 2.20 bits per heavy atom. The molecule has 1 aromatic carbocycles. The molecule has 0 heterocycles. The van der Waals surface area contributed by atoms with E-state index in [1.807, 2.05) is 0 Å². The van der Waals surface area contributed by atoms with E-state index in [1.165, 1.54) is 11.1 Å². The van der Waals surface area contributed by atoms with Crippen LogP contribution in [0.2, 0.25) is 0 Å². The number of aryl methyl sites for hydroxylation is 2. The molecule has 0 bridgehead atoms. The molecule has 0 fully saturated rings. The number of benzene rings is 1. The standard InChI is InChI=1S/C12H19N3/c1-4-9-7-6-8-10(5-2)11(9)15-12(13)14-3/h6-8H,4-5H2,1-3H3,(H3,13,14,15). The summed E-state index contributed by atoms with van der Waals surface area (Å²) in [6, 6.07) is 6.32. The van der Waals surface area contributed by atoms with Crippen LogP contribution in [-0.2, 0) is 12.8 Å². The highest BCUT2D eigenvalue weighted by Gasteiger charge is 2.06. The van der Waals surface area contributed by atoms with Crippen LogP contribution >= 0.6 is 0 Å². The first-order valence-corrected chi connectivity index (χ1v) is 5.32. The number of hydrogen-bond acceptors (Lipinski definition) is 1. The summed E-state index contributed by atoms with van der Waals surface area (Å²) >= 11 is 0. The van der Waals surface area contributed by atoms with Gasteiger partial charge in [-0.05, 0) is 24.0 Å². The van der Waals surface area contributed by atoms with Crippen LogP contribution in [0, 0.1) is 0 Å². The summed E-state index contributed by atoms with van der Waals surface area (Å²) in [5.74, 6) is 0.464. The molecule has 0 spiro atoms. The third-order valence-corrected chi connectivity index (χ3v) is 2.49. The predicted octanol–water partition coefficient (Wildman–Crippen LogP) is 2.17. The van der Waals surface area contributed by atoms with E-state index in [0.717, 1.165) is 18.5 Å². The Bertz CT molecular complexity index is 334. The van der Waals surface area contributed by atoms with Gasteiger partial charge in [-0.25, -0.2) is 0 Å². The molecule has 82 valence electrons. The second-order valence-corrected chi connectivity index (χ2v) is 3.39. The van der Waals surface area contributed by atoms with Gasteiger partial charge in [0.15, 0.2) is 5.96 Å². The summed E-state index contributed by atoms with van der Waals surface area (Å²) in [6.07, 6.45) is 1.99. The Morgan fingerprint density at radius 1 is 1.27 bits per heavy atom. The van der Waals surface area contributed by atoms with Crippen molar-refractivity contribution in [3.8, 4) is 0 Å². The zero-order valence-corrected chi connectivity index (χ0v) is 9.67. The maximum atomic E-state index is 5.69. The first kappa shape index (κ1) is 11.6. The highest BCUT2D eigenvalue weighted by Crippen LogP contribution is 2.22. The molecule has 3 nitrogen and oxygen atoms in total. The van der Waals surface area contributed by atoms with Gasteiger partial charge in [-0.15, -0.1) is 0 Å². The number of guanidine groups is 1. The predicted molar refractivity (Wildman–Crippen MR) is 66.4 cm³/mol. The maximum absolute atomic E-state index is 5.69. The molecule has 0 radical (unpaired) electrons. The highest BCUT2D eigenvalue weighted by molar-refractivity contribution is 5.93. The first-order valence-electron chi connectivity index (χ1n) is 5.32. The summed E-state index contributed by atoms with van der Waals surface area (Å²) in [6.45, 7) is 4.28. The van der Waals surface area contributed by atoms with Crippen molar-refractivity contribution in [1.82, 2.24) is 0 Å². The highest BCUT2D eigenvalue weighted by atomic mass is 15.1. The van der Waals surface area contributed by atoms with Crippen molar-refractivity contribution in [3.05, 3.63) is 29.3 Å². The third kappa shape index (κ3) is 2.72. The van der Waals surface area contributed by atoms with Gasteiger partial charge in [0.05, 0.1) is 0 Å². The Labute approximate surface area is 91.4 Å². The van der Waals surface area contributed by atoms with Gasteiger partial charge in [0, 0.05) is 12.7 Å². The summed E-state index contributed by atoms with van der Waals surface area (Å²) in [5, 5.41) is 3.16. The second kappa shape index (κ2) is 5.39. The molecular formula is C12H19N3. The Morgan fingerprint density at radius 2 is 1.80 bits per heavy atom. The van der Waals surface area contributed by atoms with Crippen LogP contribution in [0.3, 0.4) is 0 Å². The molecule has 15 heavy (non-hydrogen) atoms. The van der Waals surface area contributed by atoms with E-state index < -0.39 is 0 Å². The summed E-state index contributed by atoms with van der Waals surface area (Å²) in [4.78, 5) is 3.92. The molecule has 0 aromatic heterocycles. The van der Waals surface area contributed by atoms with Crippen LogP contribution in [0.5, 0.6) is 0 Å². The number of nitrogens with zero attached hydrogens (tertiary/aromatic N) is 1. The minimum Gasteiger partial charge on any atom is -0.370 e. The Hall–Kier alpha value is -1.51.